The van der Waals surface area contributed by atoms with Crippen molar-refractivity contribution < 1.29 is 14.5 Å². The Bertz CT molecular complexity index is 891. The highest BCUT2D eigenvalue weighted by Crippen LogP contribution is 2.22. The maximum absolute atomic E-state index is 11.9. The quantitative estimate of drug-likeness (QED) is 0.532. The molecular weight excluding hydrogens is 332 g/mol. The van der Waals surface area contributed by atoms with Gasteiger partial charge in [0, 0.05) is 17.8 Å². The van der Waals surface area contributed by atoms with Crippen LogP contribution in [0.4, 0.5) is 11.4 Å². The van der Waals surface area contributed by atoms with Gasteiger partial charge < -0.3 is 10.1 Å². The number of rotatable bonds is 6. The van der Waals surface area contributed by atoms with Gasteiger partial charge in [0.1, 0.15) is 5.75 Å². The number of carbonyl (C=O) groups excluding carboxylic acids is 1. The monoisotopic (exact) mass is 348 g/mol. The fourth-order valence-electron chi connectivity index (χ4n) is 2.39. The molecule has 0 aliphatic heterocycles. The van der Waals surface area contributed by atoms with Crippen LogP contribution in [0.1, 0.15) is 0 Å². The van der Waals surface area contributed by atoms with Gasteiger partial charge in [0.25, 0.3) is 11.6 Å². The third-order valence-corrected chi connectivity index (χ3v) is 3.69. The van der Waals surface area contributed by atoms with Crippen molar-refractivity contribution in [2.24, 2.45) is 0 Å². The number of nitrogens with zero attached hydrogens (tertiary/aromatic N) is 1. The molecule has 0 heterocycles. The van der Waals surface area contributed by atoms with Crippen LogP contribution >= 0.6 is 0 Å². The average molecular weight is 348 g/mol. The number of nitro groups is 1. The number of nitro benzene ring substituents is 1. The molecule has 0 saturated carbocycles. The van der Waals surface area contributed by atoms with Crippen LogP contribution in [0.3, 0.4) is 0 Å². The van der Waals surface area contributed by atoms with Crippen molar-refractivity contribution in [2.45, 2.75) is 0 Å². The molecule has 0 aromatic heterocycles. The number of ether oxygens (including phenoxy) is 1. The number of nitrogens with one attached hydrogen (secondary N) is 1. The number of anilines is 1. The highest BCUT2D eigenvalue weighted by molar-refractivity contribution is 5.91. The van der Waals surface area contributed by atoms with E-state index in [1.54, 1.807) is 0 Å². The van der Waals surface area contributed by atoms with Crippen molar-refractivity contribution in [2.75, 3.05) is 11.9 Å². The number of non-ortho nitro benzene ring substituents is 1. The second-order valence-electron chi connectivity index (χ2n) is 5.53. The summed E-state index contributed by atoms with van der Waals surface area (Å²) >= 11 is 0. The minimum absolute atomic E-state index is 0.0299. The summed E-state index contributed by atoms with van der Waals surface area (Å²) in [5, 5.41) is 13.2. The van der Waals surface area contributed by atoms with Crippen LogP contribution < -0.4 is 10.1 Å². The van der Waals surface area contributed by atoms with E-state index in [1.165, 1.54) is 24.3 Å². The SMILES string of the molecule is O=C(COc1ccc(-c2ccccc2)cc1)Nc1ccc([N+](=O)[O-])cc1. The van der Waals surface area contributed by atoms with E-state index >= 15 is 0 Å². The highest BCUT2D eigenvalue weighted by Gasteiger charge is 2.07. The molecule has 3 aromatic rings. The van der Waals surface area contributed by atoms with Gasteiger partial charge in [-0.2, -0.15) is 0 Å². The van der Waals surface area contributed by atoms with Crippen molar-refractivity contribution in [3.05, 3.63) is 89.0 Å². The fourth-order valence-corrected chi connectivity index (χ4v) is 2.39. The van der Waals surface area contributed by atoms with Crippen molar-refractivity contribution in [3.63, 3.8) is 0 Å². The highest BCUT2D eigenvalue weighted by atomic mass is 16.6. The molecule has 0 aliphatic carbocycles. The molecule has 26 heavy (non-hydrogen) atoms. The van der Waals surface area contributed by atoms with Gasteiger partial charge in [-0.15, -0.1) is 0 Å². The van der Waals surface area contributed by atoms with Gasteiger partial charge in [0.05, 0.1) is 4.92 Å². The zero-order valence-electron chi connectivity index (χ0n) is 13.8. The molecule has 0 unspecified atom stereocenters. The van der Waals surface area contributed by atoms with Gasteiger partial charge in [0.15, 0.2) is 6.61 Å². The zero-order chi connectivity index (χ0) is 18.4. The third-order valence-electron chi connectivity index (χ3n) is 3.69. The summed E-state index contributed by atoms with van der Waals surface area (Å²) in [5.41, 5.74) is 2.62. The Morgan fingerprint density at radius 3 is 2.12 bits per heavy atom. The molecule has 0 atom stereocenters. The van der Waals surface area contributed by atoms with E-state index in [2.05, 4.69) is 5.32 Å². The van der Waals surface area contributed by atoms with Crippen LogP contribution in [0.25, 0.3) is 11.1 Å². The van der Waals surface area contributed by atoms with Gasteiger partial charge in [-0.3, -0.25) is 14.9 Å². The lowest BCUT2D eigenvalue weighted by molar-refractivity contribution is -0.384. The zero-order valence-corrected chi connectivity index (χ0v) is 13.8. The Morgan fingerprint density at radius 2 is 1.50 bits per heavy atom. The Labute approximate surface area is 150 Å². The second kappa shape index (κ2) is 7.94. The molecule has 3 rings (SSSR count). The number of hydrogen-bond donors (Lipinski definition) is 1. The summed E-state index contributed by atoms with van der Waals surface area (Å²) in [4.78, 5) is 22.0. The molecule has 0 aliphatic rings. The number of amides is 1. The van der Waals surface area contributed by atoms with Crippen LogP contribution in [0, 0.1) is 10.1 Å². The van der Waals surface area contributed by atoms with E-state index in [9.17, 15) is 14.9 Å². The number of carbonyl (C=O) groups is 1. The van der Waals surface area contributed by atoms with E-state index in [1.807, 2.05) is 54.6 Å². The van der Waals surface area contributed by atoms with Crippen LogP contribution in [0.2, 0.25) is 0 Å². The standard InChI is InChI=1S/C20H16N2O4/c23-20(21-17-8-10-18(11-9-17)22(24)25)14-26-19-12-6-16(7-13-19)15-4-2-1-3-5-15/h1-13H,14H2,(H,21,23). The van der Waals surface area contributed by atoms with Gasteiger partial charge in [0.2, 0.25) is 0 Å². The molecule has 3 aromatic carbocycles. The lowest BCUT2D eigenvalue weighted by Crippen LogP contribution is -2.20. The van der Waals surface area contributed by atoms with Crippen LogP contribution in [0.15, 0.2) is 78.9 Å². The van der Waals surface area contributed by atoms with Crippen molar-refractivity contribution in [3.8, 4) is 16.9 Å². The summed E-state index contributed by atoms with van der Waals surface area (Å²) in [6, 6.07) is 23.0. The minimum atomic E-state index is -0.492. The Morgan fingerprint density at radius 1 is 0.885 bits per heavy atom. The molecule has 6 heteroatoms. The molecule has 0 radical (unpaired) electrons. The third kappa shape index (κ3) is 4.45. The molecule has 130 valence electrons. The maximum Gasteiger partial charge on any atom is 0.269 e. The van der Waals surface area contributed by atoms with E-state index < -0.39 is 4.92 Å². The lowest BCUT2D eigenvalue weighted by Gasteiger charge is -2.08. The number of hydrogen-bond acceptors (Lipinski definition) is 4. The Kier molecular flexibility index (Phi) is 5.24. The smallest absolute Gasteiger partial charge is 0.269 e. The van der Waals surface area contributed by atoms with Crippen LogP contribution in [0.5, 0.6) is 5.75 Å². The first kappa shape index (κ1) is 17.2. The molecular formula is C20H16N2O4. The van der Waals surface area contributed by atoms with Crippen molar-refractivity contribution in [1.82, 2.24) is 0 Å². The molecule has 0 saturated heterocycles. The van der Waals surface area contributed by atoms with Gasteiger partial charge in [-0.05, 0) is 35.4 Å². The van der Waals surface area contributed by atoms with E-state index in [4.69, 9.17) is 4.74 Å². The largest absolute Gasteiger partial charge is 0.484 e. The first-order chi connectivity index (χ1) is 12.6. The molecule has 6 nitrogen and oxygen atoms in total. The summed E-state index contributed by atoms with van der Waals surface area (Å²) in [7, 11) is 0. The molecule has 1 amide bonds. The van der Waals surface area contributed by atoms with Gasteiger partial charge in [-0.25, -0.2) is 0 Å². The summed E-state index contributed by atoms with van der Waals surface area (Å²) in [5.74, 6) is 0.245. The molecule has 1 N–H and O–H groups in total. The lowest BCUT2D eigenvalue weighted by atomic mass is 10.1. The second-order valence-corrected chi connectivity index (χ2v) is 5.53. The van der Waals surface area contributed by atoms with E-state index in [0.29, 0.717) is 11.4 Å². The minimum Gasteiger partial charge on any atom is -0.484 e. The van der Waals surface area contributed by atoms with Crippen LogP contribution in [-0.4, -0.2) is 17.4 Å². The molecule has 0 spiro atoms. The summed E-state index contributed by atoms with van der Waals surface area (Å²) < 4.78 is 5.47. The van der Waals surface area contributed by atoms with Gasteiger partial charge >= 0.3 is 0 Å². The Hall–Kier alpha value is -3.67. The maximum atomic E-state index is 11.9. The molecule has 0 bridgehead atoms. The topological polar surface area (TPSA) is 81.5 Å². The average Bonchev–Trinajstić information content (AvgIpc) is 2.68. The summed E-state index contributed by atoms with van der Waals surface area (Å²) in [6.45, 7) is -0.151. The first-order valence-corrected chi connectivity index (χ1v) is 7.94. The van der Waals surface area contributed by atoms with Crippen molar-refractivity contribution >= 4 is 17.3 Å². The van der Waals surface area contributed by atoms with Gasteiger partial charge in [-0.1, -0.05) is 42.5 Å². The first-order valence-electron chi connectivity index (χ1n) is 7.94. The predicted molar refractivity (Wildman–Crippen MR) is 99.1 cm³/mol. The normalized spacial score (nSPS) is 10.2. The summed E-state index contributed by atoms with van der Waals surface area (Å²) in [6.07, 6.45) is 0. The van der Waals surface area contributed by atoms with E-state index in [0.717, 1.165) is 11.1 Å². The predicted octanol–water partition coefficient (Wildman–Crippen LogP) is 4.28. The van der Waals surface area contributed by atoms with Crippen molar-refractivity contribution in [1.29, 1.82) is 0 Å². The fraction of sp³-hybridized carbons (Fsp3) is 0.0500. The Balaban J connectivity index is 1.53. The van der Waals surface area contributed by atoms with E-state index in [-0.39, 0.29) is 18.2 Å². The molecule has 0 fully saturated rings. The number of benzene rings is 3. The van der Waals surface area contributed by atoms with Crippen LogP contribution in [-0.2, 0) is 4.79 Å².